The van der Waals surface area contributed by atoms with Gasteiger partial charge in [0, 0.05) is 18.2 Å². The third kappa shape index (κ3) is 6.49. The van der Waals surface area contributed by atoms with E-state index in [0.717, 1.165) is 49.1 Å². The molecule has 5 rings (SSSR count). The van der Waals surface area contributed by atoms with Crippen molar-refractivity contribution in [3.05, 3.63) is 156 Å². The molecule has 1 aromatic heterocycles. The quantitative estimate of drug-likeness (QED) is 0.0803. The van der Waals surface area contributed by atoms with Crippen LogP contribution in [0.25, 0.3) is 0 Å². The summed E-state index contributed by atoms with van der Waals surface area (Å²) in [4.78, 5) is 17.2. The minimum Gasteiger partial charge on any atom is -0.494 e. The number of ether oxygens (including phenoxy) is 1. The molecule has 0 saturated heterocycles. The number of rotatable bonds is 14. The monoisotopic (exact) mass is 542 g/mol. The van der Waals surface area contributed by atoms with E-state index < -0.39 is 5.54 Å². The van der Waals surface area contributed by atoms with Gasteiger partial charge in [-0.25, -0.2) is 4.98 Å². The lowest BCUT2D eigenvalue weighted by Crippen LogP contribution is -2.36. The van der Waals surface area contributed by atoms with Crippen molar-refractivity contribution in [1.29, 1.82) is 0 Å². The number of nitrogens with zero attached hydrogens (tertiary/aromatic N) is 2. The van der Waals surface area contributed by atoms with Crippen LogP contribution in [-0.2, 0) is 12.0 Å². The summed E-state index contributed by atoms with van der Waals surface area (Å²) in [6.45, 7) is 2.73. The Labute approximate surface area is 243 Å². The Balaban J connectivity index is 1.30. The molecule has 41 heavy (non-hydrogen) atoms. The summed E-state index contributed by atoms with van der Waals surface area (Å²) >= 11 is 0. The first-order valence-corrected chi connectivity index (χ1v) is 14.7. The molecule has 0 amide bonds. The topological polar surface area (TPSA) is 44.1 Å². The molecule has 0 bridgehead atoms. The zero-order valence-electron chi connectivity index (χ0n) is 23.8. The van der Waals surface area contributed by atoms with Crippen molar-refractivity contribution in [3.8, 4) is 5.75 Å². The van der Waals surface area contributed by atoms with E-state index >= 15 is 0 Å². The van der Waals surface area contributed by atoms with Crippen LogP contribution in [0.5, 0.6) is 5.75 Å². The number of unbranched alkanes of at least 4 members (excludes halogenated alkanes) is 2. The van der Waals surface area contributed by atoms with Crippen molar-refractivity contribution >= 4 is 5.78 Å². The van der Waals surface area contributed by atoms with Gasteiger partial charge in [0.05, 0.1) is 18.6 Å². The maximum atomic E-state index is 12.3. The zero-order valence-corrected chi connectivity index (χ0v) is 23.8. The van der Waals surface area contributed by atoms with E-state index in [1.54, 1.807) is 0 Å². The summed E-state index contributed by atoms with van der Waals surface area (Å²) in [5.74, 6) is 0.995. The second kappa shape index (κ2) is 13.8. The van der Waals surface area contributed by atoms with E-state index in [1.807, 2.05) is 30.6 Å². The normalized spacial score (nSPS) is 11.3. The summed E-state index contributed by atoms with van der Waals surface area (Å²) in [5.41, 5.74) is 4.76. The second-order valence-corrected chi connectivity index (χ2v) is 10.4. The molecule has 0 N–H and O–H groups in total. The predicted octanol–water partition coefficient (Wildman–Crippen LogP) is 8.50. The van der Waals surface area contributed by atoms with Gasteiger partial charge in [0.15, 0.2) is 5.78 Å². The van der Waals surface area contributed by atoms with Gasteiger partial charge in [-0.1, -0.05) is 111 Å². The molecule has 5 aromatic rings. The van der Waals surface area contributed by atoms with E-state index in [2.05, 4.69) is 109 Å². The summed E-state index contributed by atoms with van der Waals surface area (Å²) in [7, 11) is 0. The SMILES string of the molecule is CCCCCC(=O)c1ccc(OCCCc2cn(C(c3ccccc3)(c3ccccc3)c3ccccc3)cn2)cc1. The molecule has 0 unspecified atom stereocenters. The van der Waals surface area contributed by atoms with E-state index in [9.17, 15) is 4.79 Å². The average molecular weight is 543 g/mol. The van der Waals surface area contributed by atoms with Crippen molar-refractivity contribution in [3.63, 3.8) is 0 Å². The fourth-order valence-electron chi connectivity index (χ4n) is 5.52. The number of carbonyl (C=O) groups excluding carboxylic acids is 1. The molecule has 0 atom stereocenters. The molecular formula is C37H38N2O2. The van der Waals surface area contributed by atoms with Gasteiger partial charge in [0.2, 0.25) is 0 Å². The van der Waals surface area contributed by atoms with Crippen molar-refractivity contribution < 1.29 is 9.53 Å². The standard InChI is InChI=1S/C37H38N2O2/c1-2-3-7-22-36(40)30-23-25-35(26-24-30)41-27-14-21-34-28-39(29-38-34)37(31-15-8-4-9-16-31,32-17-10-5-11-18-32)33-19-12-6-13-20-33/h4-6,8-13,15-20,23-26,28-29H,2-3,7,14,21-22,27H2,1H3. The molecule has 1 heterocycles. The lowest BCUT2D eigenvalue weighted by molar-refractivity contribution is 0.0979. The molecule has 0 aliphatic rings. The Morgan fingerprint density at radius 2 is 1.29 bits per heavy atom. The number of Topliss-reactive ketones (excluding diaryl/α,β-unsaturated/α-hetero) is 1. The summed E-state index contributed by atoms with van der Waals surface area (Å²) in [6.07, 6.45) is 9.54. The van der Waals surface area contributed by atoms with Crippen LogP contribution in [0.4, 0.5) is 0 Å². The highest BCUT2D eigenvalue weighted by atomic mass is 16.5. The van der Waals surface area contributed by atoms with Crippen LogP contribution in [0, 0.1) is 0 Å². The third-order valence-corrected chi connectivity index (χ3v) is 7.63. The summed E-state index contributed by atoms with van der Waals surface area (Å²) in [5, 5.41) is 0. The lowest BCUT2D eigenvalue weighted by atomic mass is 9.77. The van der Waals surface area contributed by atoms with Gasteiger partial charge >= 0.3 is 0 Å². The first-order valence-electron chi connectivity index (χ1n) is 14.7. The predicted molar refractivity (Wildman–Crippen MR) is 166 cm³/mol. The molecule has 0 radical (unpaired) electrons. The first kappa shape index (κ1) is 28.1. The highest BCUT2D eigenvalue weighted by molar-refractivity contribution is 5.96. The van der Waals surface area contributed by atoms with Crippen LogP contribution >= 0.6 is 0 Å². The Bertz CT molecular complexity index is 1400. The van der Waals surface area contributed by atoms with Gasteiger partial charge < -0.3 is 9.30 Å². The highest BCUT2D eigenvalue weighted by Gasteiger charge is 2.38. The minimum atomic E-state index is -0.554. The number of benzene rings is 4. The molecular weight excluding hydrogens is 504 g/mol. The van der Waals surface area contributed by atoms with Gasteiger partial charge in [-0.15, -0.1) is 0 Å². The van der Waals surface area contributed by atoms with Gasteiger partial charge in [-0.05, 0) is 60.2 Å². The number of aromatic nitrogens is 2. The van der Waals surface area contributed by atoms with E-state index in [4.69, 9.17) is 9.72 Å². The van der Waals surface area contributed by atoms with E-state index in [0.29, 0.717) is 13.0 Å². The lowest BCUT2D eigenvalue weighted by Gasteiger charge is -2.37. The highest BCUT2D eigenvalue weighted by Crippen LogP contribution is 2.40. The Morgan fingerprint density at radius 3 is 1.83 bits per heavy atom. The average Bonchev–Trinajstić information content (AvgIpc) is 3.51. The van der Waals surface area contributed by atoms with Gasteiger partial charge in [0.25, 0.3) is 0 Å². The number of carbonyl (C=O) groups is 1. The molecule has 0 aliphatic carbocycles. The summed E-state index contributed by atoms with van der Waals surface area (Å²) in [6, 6.07) is 39.5. The van der Waals surface area contributed by atoms with Crippen LogP contribution in [0.3, 0.4) is 0 Å². The Hall–Kier alpha value is -4.44. The van der Waals surface area contributed by atoms with E-state index in [1.165, 1.54) is 16.7 Å². The van der Waals surface area contributed by atoms with Crippen molar-refractivity contribution in [1.82, 2.24) is 9.55 Å². The number of aryl methyl sites for hydroxylation is 1. The Morgan fingerprint density at radius 1 is 0.732 bits per heavy atom. The van der Waals surface area contributed by atoms with Crippen molar-refractivity contribution in [2.45, 2.75) is 51.0 Å². The minimum absolute atomic E-state index is 0.207. The molecule has 4 aromatic carbocycles. The number of hydrogen-bond donors (Lipinski definition) is 0. The maximum Gasteiger partial charge on any atom is 0.162 e. The molecule has 4 heteroatoms. The molecule has 0 fully saturated rings. The molecule has 0 aliphatic heterocycles. The first-order chi connectivity index (χ1) is 20.2. The second-order valence-electron chi connectivity index (χ2n) is 10.4. The van der Waals surface area contributed by atoms with Gasteiger partial charge in [0.1, 0.15) is 11.3 Å². The van der Waals surface area contributed by atoms with Crippen molar-refractivity contribution in [2.24, 2.45) is 0 Å². The largest absolute Gasteiger partial charge is 0.494 e. The smallest absolute Gasteiger partial charge is 0.162 e. The number of hydrogen-bond acceptors (Lipinski definition) is 3. The molecule has 208 valence electrons. The fraction of sp³-hybridized carbons (Fsp3) is 0.243. The molecule has 4 nitrogen and oxygen atoms in total. The zero-order chi connectivity index (χ0) is 28.3. The van der Waals surface area contributed by atoms with Crippen molar-refractivity contribution in [2.75, 3.05) is 6.61 Å². The molecule has 0 saturated carbocycles. The summed E-state index contributed by atoms with van der Waals surface area (Å²) < 4.78 is 8.25. The number of imidazole rings is 1. The van der Waals surface area contributed by atoms with Gasteiger partial charge in [-0.2, -0.15) is 0 Å². The molecule has 0 spiro atoms. The van der Waals surface area contributed by atoms with Gasteiger partial charge in [-0.3, -0.25) is 4.79 Å². The fourth-order valence-corrected chi connectivity index (χ4v) is 5.52. The van der Waals surface area contributed by atoms with Crippen LogP contribution in [0.15, 0.2) is 128 Å². The number of ketones is 1. The van der Waals surface area contributed by atoms with Crippen LogP contribution in [0.1, 0.15) is 71.8 Å². The van der Waals surface area contributed by atoms with E-state index in [-0.39, 0.29) is 5.78 Å². The Kier molecular flexibility index (Phi) is 9.43. The maximum absolute atomic E-state index is 12.3. The van der Waals surface area contributed by atoms with Crippen LogP contribution in [-0.4, -0.2) is 21.9 Å². The third-order valence-electron chi connectivity index (χ3n) is 7.63. The van der Waals surface area contributed by atoms with Crippen LogP contribution < -0.4 is 4.74 Å². The van der Waals surface area contributed by atoms with Crippen LogP contribution in [0.2, 0.25) is 0 Å².